The Hall–Kier alpha value is -1.84. The number of nitrogens with one attached hydrogen (secondary N) is 1. The van der Waals surface area contributed by atoms with E-state index < -0.39 is 10.0 Å². The van der Waals surface area contributed by atoms with Crippen LogP contribution in [0.25, 0.3) is 0 Å². The number of hydrogen-bond acceptors (Lipinski definition) is 4. The molecule has 0 heterocycles. The Morgan fingerprint density at radius 1 is 1.40 bits per heavy atom. The summed E-state index contributed by atoms with van der Waals surface area (Å²) in [5.41, 5.74) is 0.687. The molecule has 0 aliphatic heterocycles. The summed E-state index contributed by atoms with van der Waals surface area (Å²) in [6.45, 7) is 1.70. The number of carbonyl (C=O) groups is 1. The van der Waals surface area contributed by atoms with Crippen molar-refractivity contribution >= 4 is 16.0 Å². The van der Waals surface area contributed by atoms with E-state index in [4.69, 9.17) is 6.42 Å². The van der Waals surface area contributed by atoms with Crippen molar-refractivity contribution in [2.24, 2.45) is 0 Å². The molecule has 0 amide bonds. The van der Waals surface area contributed by atoms with Gasteiger partial charge in [-0.1, -0.05) is 12.1 Å². The molecule has 20 heavy (non-hydrogen) atoms. The largest absolute Gasteiger partial charge is 0.469 e. The minimum atomic E-state index is -3.59. The predicted molar refractivity (Wildman–Crippen MR) is 75.4 cm³/mol. The molecule has 0 spiro atoms. The second kappa shape index (κ2) is 7.08. The van der Waals surface area contributed by atoms with Crippen molar-refractivity contribution in [3.05, 3.63) is 29.8 Å². The third-order valence-corrected chi connectivity index (χ3v) is 4.20. The predicted octanol–water partition coefficient (Wildman–Crippen LogP) is 1.09. The summed E-state index contributed by atoms with van der Waals surface area (Å²) in [5, 5.41) is 0. The van der Waals surface area contributed by atoms with E-state index in [1.54, 1.807) is 19.1 Å². The number of carbonyl (C=O) groups excluding carboxylic acids is 1. The first-order valence-electron chi connectivity index (χ1n) is 6.00. The van der Waals surface area contributed by atoms with Gasteiger partial charge in [0.2, 0.25) is 10.0 Å². The van der Waals surface area contributed by atoms with Gasteiger partial charge in [0, 0.05) is 12.5 Å². The average Bonchev–Trinajstić information content (AvgIpc) is 2.38. The van der Waals surface area contributed by atoms with Crippen LogP contribution in [0.2, 0.25) is 0 Å². The lowest BCUT2D eigenvalue weighted by molar-refractivity contribution is -0.139. The highest BCUT2D eigenvalue weighted by Crippen LogP contribution is 2.12. The van der Waals surface area contributed by atoms with Gasteiger partial charge in [0.1, 0.15) is 0 Å². The molecule has 1 aromatic carbocycles. The molecule has 1 rings (SSSR count). The minimum absolute atomic E-state index is 0.109. The van der Waals surface area contributed by atoms with Gasteiger partial charge >= 0.3 is 5.97 Å². The van der Waals surface area contributed by atoms with Crippen molar-refractivity contribution in [2.45, 2.75) is 30.7 Å². The highest BCUT2D eigenvalue weighted by Gasteiger charge is 2.16. The number of benzene rings is 1. The van der Waals surface area contributed by atoms with Crippen LogP contribution in [0, 0.1) is 12.3 Å². The number of esters is 1. The van der Waals surface area contributed by atoms with E-state index in [1.165, 1.54) is 19.2 Å². The van der Waals surface area contributed by atoms with E-state index in [0.29, 0.717) is 12.0 Å². The number of hydrogen-bond donors (Lipinski definition) is 1. The van der Waals surface area contributed by atoms with Crippen LogP contribution in [0.5, 0.6) is 0 Å². The Morgan fingerprint density at radius 2 is 2.00 bits per heavy atom. The van der Waals surface area contributed by atoms with Gasteiger partial charge in [0.25, 0.3) is 0 Å². The molecule has 5 nitrogen and oxygen atoms in total. The lowest BCUT2D eigenvalue weighted by Crippen LogP contribution is -2.32. The summed E-state index contributed by atoms with van der Waals surface area (Å²) in [6.07, 6.45) is 5.57. The van der Waals surface area contributed by atoms with Crippen LogP contribution in [0.15, 0.2) is 29.2 Å². The van der Waals surface area contributed by atoms with Crippen LogP contribution >= 0.6 is 0 Å². The van der Waals surface area contributed by atoms with Gasteiger partial charge in [-0.15, -0.1) is 12.3 Å². The molecule has 0 aromatic heterocycles. The molecule has 0 radical (unpaired) electrons. The van der Waals surface area contributed by atoms with Crippen molar-refractivity contribution in [3.63, 3.8) is 0 Å². The molecule has 0 aliphatic rings. The van der Waals surface area contributed by atoms with Gasteiger partial charge in [-0.3, -0.25) is 4.79 Å². The fourth-order valence-electron chi connectivity index (χ4n) is 1.58. The molecule has 0 saturated carbocycles. The number of ether oxygens (including phenoxy) is 1. The van der Waals surface area contributed by atoms with E-state index in [2.05, 4.69) is 15.4 Å². The smallest absolute Gasteiger partial charge is 0.309 e. The van der Waals surface area contributed by atoms with Gasteiger partial charge in [-0.2, -0.15) is 0 Å². The molecule has 108 valence electrons. The van der Waals surface area contributed by atoms with Gasteiger partial charge in [-0.25, -0.2) is 13.1 Å². The van der Waals surface area contributed by atoms with Crippen molar-refractivity contribution in [2.75, 3.05) is 7.11 Å². The molecule has 0 fully saturated rings. The van der Waals surface area contributed by atoms with Gasteiger partial charge in [0.05, 0.1) is 18.4 Å². The maximum atomic E-state index is 12.0. The zero-order chi connectivity index (χ0) is 15.2. The van der Waals surface area contributed by atoms with Crippen LogP contribution < -0.4 is 4.72 Å². The van der Waals surface area contributed by atoms with E-state index in [0.717, 1.165) is 0 Å². The maximum Gasteiger partial charge on any atom is 0.309 e. The fraction of sp³-hybridized carbons (Fsp3) is 0.357. The summed E-state index contributed by atoms with van der Waals surface area (Å²) in [4.78, 5) is 11.2. The Balaban J connectivity index is 2.82. The standard InChI is InChI=1S/C14H17NO4S/c1-4-5-11(2)15-20(17,18)13-8-6-12(7-9-13)10-14(16)19-3/h1,6-9,11,15H,5,10H2,2-3H3. The second-order valence-electron chi connectivity index (χ2n) is 4.33. The van der Waals surface area contributed by atoms with Crippen LogP contribution in [0.3, 0.4) is 0 Å². The molecule has 0 aliphatic carbocycles. The molecular weight excluding hydrogens is 278 g/mol. The molecular formula is C14H17NO4S. The number of sulfonamides is 1. The normalized spacial score (nSPS) is 12.4. The Kier molecular flexibility index (Phi) is 5.74. The van der Waals surface area contributed by atoms with Crippen LogP contribution in [-0.2, 0) is 26.0 Å². The molecule has 0 saturated heterocycles. The Bertz CT molecular complexity index is 599. The first kappa shape index (κ1) is 16.2. The quantitative estimate of drug-likeness (QED) is 0.630. The van der Waals surface area contributed by atoms with Crippen molar-refractivity contribution in [1.82, 2.24) is 4.72 Å². The molecule has 1 aromatic rings. The summed E-state index contributed by atoms with van der Waals surface area (Å²) in [6, 6.07) is 5.72. The van der Waals surface area contributed by atoms with Gasteiger partial charge in [0.15, 0.2) is 0 Å². The average molecular weight is 295 g/mol. The van der Waals surface area contributed by atoms with Gasteiger partial charge in [-0.05, 0) is 24.6 Å². The lowest BCUT2D eigenvalue weighted by Gasteiger charge is -2.12. The van der Waals surface area contributed by atoms with Gasteiger partial charge < -0.3 is 4.74 Å². The topological polar surface area (TPSA) is 72.5 Å². The minimum Gasteiger partial charge on any atom is -0.469 e. The van der Waals surface area contributed by atoms with E-state index >= 15 is 0 Å². The molecule has 1 N–H and O–H groups in total. The molecule has 1 atom stereocenters. The highest BCUT2D eigenvalue weighted by atomic mass is 32.2. The summed E-state index contributed by atoms with van der Waals surface area (Å²) < 4.78 is 31.1. The van der Waals surface area contributed by atoms with E-state index in [9.17, 15) is 13.2 Å². The van der Waals surface area contributed by atoms with Crippen molar-refractivity contribution < 1.29 is 17.9 Å². The maximum absolute atomic E-state index is 12.0. The van der Waals surface area contributed by atoms with E-state index in [-0.39, 0.29) is 23.3 Å². The number of rotatable bonds is 6. The van der Waals surface area contributed by atoms with Crippen LogP contribution in [-0.4, -0.2) is 27.5 Å². The monoisotopic (exact) mass is 295 g/mol. The van der Waals surface area contributed by atoms with Crippen molar-refractivity contribution in [3.8, 4) is 12.3 Å². The van der Waals surface area contributed by atoms with Crippen LogP contribution in [0.4, 0.5) is 0 Å². The Morgan fingerprint density at radius 3 is 2.50 bits per heavy atom. The summed E-state index contributed by atoms with van der Waals surface area (Å²) in [7, 11) is -2.29. The molecule has 0 bridgehead atoms. The summed E-state index contributed by atoms with van der Waals surface area (Å²) >= 11 is 0. The summed E-state index contributed by atoms with van der Waals surface area (Å²) in [5.74, 6) is 2.03. The Labute approximate surface area is 119 Å². The fourth-order valence-corrected chi connectivity index (χ4v) is 2.82. The second-order valence-corrected chi connectivity index (χ2v) is 6.04. The van der Waals surface area contributed by atoms with Crippen molar-refractivity contribution in [1.29, 1.82) is 0 Å². The molecule has 1 unspecified atom stereocenters. The first-order chi connectivity index (χ1) is 9.39. The molecule has 6 heteroatoms. The number of terminal acetylenes is 1. The highest BCUT2D eigenvalue weighted by molar-refractivity contribution is 7.89. The third kappa shape index (κ3) is 4.68. The SMILES string of the molecule is C#CCC(C)NS(=O)(=O)c1ccc(CC(=O)OC)cc1. The third-order valence-electron chi connectivity index (χ3n) is 2.59. The number of methoxy groups -OCH3 is 1. The lowest BCUT2D eigenvalue weighted by atomic mass is 10.2. The van der Waals surface area contributed by atoms with E-state index in [1.807, 2.05) is 0 Å². The van der Waals surface area contributed by atoms with Crippen LogP contribution in [0.1, 0.15) is 18.9 Å². The zero-order valence-electron chi connectivity index (χ0n) is 11.4. The zero-order valence-corrected chi connectivity index (χ0v) is 12.2. The first-order valence-corrected chi connectivity index (χ1v) is 7.49.